The molecule has 0 fully saturated rings. The van der Waals surface area contributed by atoms with Crippen molar-refractivity contribution in [1.82, 2.24) is 0 Å². The van der Waals surface area contributed by atoms with Crippen LogP contribution in [0.15, 0.2) is 39.2 Å². The van der Waals surface area contributed by atoms with Crippen LogP contribution in [0.3, 0.4) is 0 Å². The van der Waals surface area contributed by atoms with E-state index in [0.29, 0.717) is 0 Å². The monoisotopic (exact) mass is 223 g/mol. The van der Waals surface area contributed by atoms with Gasteiger partial charge in [0.1, 0.15) is 5.58 Å². The molecule has 0 spiro atoms. The molecule has 2 nitrogen and oxygen atoms in total. The van der Waals surface area contributed by atoms with Crippen LogP contribution in [-0.4, -0.2) is 0 Å². The van der Waals surface area contributed by atoms with Crippen molar-refractivity contribution in [3.05, 3.63) is 40.4 Å². The molecule has 1 aromatic heterocycles. The molecule has 0 bridgehead atoms. The van der Waals surface area contributed by atoms with Gasteiger partial charge in [-0.05, 0) is 24.3 Å². The van der Waals surface area contributed by atoms with Crippen molar-refractivity contribution in [2.45, 2.75) is 0 Å². The molecule has 0 saturated heterocycles. The van der Waals surface area contributed by atoms with E-state index in [4.69, 9.17) is 9.83 Å². The molecule has 1 N–H and O–H groups in total. The zero-order chi connectivity index (χ0) is 8.55. The summed E-state index contributed by atoms with van der Waals surface area (Å²) in [6.45, 7) is 0. The molecule has 0 unspecified atom stereocenters. The highest BCUT2D eigenvalue weighted by molar-refractivity contribution is 9.10. The third-order valence-electron chi connectivity index (χ3n) is 1.61. The first-order valence-corrected chi connectivity index (χ1v) is 4.29. The van der Waals surface area contributed by atoms with E-state index in [-0.39, 0.29) is 5.55 Å². The largest absolute Gasteiger partial charge is 0.439 e. The Morgan fingerprint density at radius 1 is 1.17 bits per heavy atom. The fraction of sp³-hybridized carbons (Fsp3) is 0. The van der Waals surface area contributed by atoms with Gasteiger partial charge < -0.3 is 4.42 Å². The first kappa shape index (κ1) is 7.55. The summed E-state index contributed by atoms with van der Waals surface area (Å²) >= 11 is 3.36. The Morgan fingerprint density at radius 2 is 2.00 bits per heavy atom. The lowest BCUT2D eigenvalue weighted by Crippen LogP contribution is -1.94. The van der Waals surface area contributed by atoms with Gasteiger partial charge >= 0.3 is 0 Å². The zero-order valence-corrected chi connectivity index (χ0v) is 7.76. The van der Waals surface area contributed by atoms with Crippen LogP contribution in [0.1, 0.15) is 0 Å². The Labute approximate surface area is 77.5 Å². The number of fused-ring (bicyclic) bond motifs is 1. The van der Waals surface area contributed by atoms with Gasteiger partial charge in [0.05, 0.1) is 0 Å². The van der Waals surface area contributed by atoms with Crippen molar-refractivity contribution < 1.29 is 4.42 Å². The maximum atomic E-state index is 7.25. The van der Waals surface area contributed by atoms with Gasteiger partial charge in [0, 0.05) is 15.9 Å². The second-order valence-corrected chi connectivity index (χ2v) is 3.40. The summed E-state index contributed by atoms with van der Waals surface area (Å²) in [5, 5.41) is 8.25. The summed E-state index contributed by atoms with van der Waals surface area (Å²) in [6.07, 6.45) is 0. The Hall–Kier alpha value is -1.09. The standard InChI is InChI=1S/C9H6BrNO/c10-7-2-3-8-6(5-7)1-4-9(11)12-8/h1-5,11H. The Morgan fingerprint density at radius 3 is 2.83 bits per heavy atom. The molecule has 0 aliphatic carbocycles. The van der Waals surface area contributed by atoms with E-state index in [1.165, 1.54) is 0 Å². The summed E-state index contributed by atoms with van der Waals surface area (Å²) in [5.74, 6) is 0. The van der Waals surface area contributed by atoms with Crippen LogP contribution in [0.4, 0.5) is 0 Å². The normalized spacial score (nSPS) is 10.4. The van der Waals surface area contributed by atoms with E-state index in [0.717, 1.165) is 15.4 Å². The Balaban J connectivity index is 2.87. The van der Waals surface area contributed by atoms with Crippen LogP contribution in [0, 0.1) is 5.41 Å². The number of nitrogens with one attached hydrogen (secondary N) is 1. The first-order chi connectivity index (χ1) is 5.75. The minimum atomic E-state index is 0.185. The van der Waals surface area contributed by atoms with Crippen LogP contribution < -0.4 is 5.55 Å². The van der Waals surface area contributed by atoms with Crippen LogP contribution in [0.25, 0.3) is 11.0 Å². The number of halogens is 1. The Kier molecular flexibility index (Phi) is 1.73. The molecule has 3 heteroatoms. The van der Waals surface area contributed by atoms with Crippen molar-refractivity contribution in [2.75, 3.05) is 0 Å². The summed E-state index contributed by atoms with van der Waals surface area (Å²) in [7, 11) is 0. The summed E-state index contributed by atoms with van der Waals surface area (Å²) in [4.78, 5) is 0. The van der Waals surface area contributed by atoms with Gasteiger partial charge in [-0.3, -0.25) is 5.41 Å². The lowest BCUT2D eigenvalue weighted by atomic mass is 10.2. The minimum Gasteiger partial charge on any atom is -0.439 e. The third-order valence-corrected chi connectivity index (χ3v) is 2.10. The van der Waals surface area contributed by atoms with Crippen molar-refractivity contribution in [3.8, 4) is 0 Å². The second kappa shape index (κ2) is 2.75. The van der Waals surface area contributed by atoms with E-state index >= 15 is 0 Å². The van der Waals surface area contributed by atoms with Gasteiger partial charge in [0.25, 0.3) is 0 Å². The smallest absolute Gasteiger partial charge is 0.211 e. The van der Waals surface area contributed by atoms with E-state index in [1.807, 2.05) is 24.3 Å². The lowest BCUT2D eigenvalue weighted by Gasteiger charge is -1.95. The molecule has 1 aromatic carbocycles. The van der Waals surface area contributed by atoms with Crippen molar-refractivity contribution in [1.29, 1.82) is 5.41 Å². The lowest BCUT2D eigenvalue weighted by molar-refractivity contribution is 0.533. The minimum absolute atomic E-state index is 0.185. The van der Waals surface area contributed by atoms with Gasteiger partial charge in [-0.25, -0.2) is 0 Å². The second-order valence-electron chi connectivity index (χ2n) is 2.48. The van der Waals surface area contributed by atoms with Gasteiger partial charge in [-0.15, -0.1) is 0 Å². The average Bonchev–Trinajstić information content (AvgIpc) is 2.05. The molecule has 1 heterocycles. The molecule has 2 rings (SSSR count). The van der Waals surface area contributed by atoms with Gasteiger partial charge in [0.15, 0.2) is 0 Å². The molecule has 60 valence electrons. The highest BCUT2D eigenvalue weighted by Crippen LogP contribution is 2.17. The Bertz CT molecular complexity index is 475. The highest BCUT2D eigenvalue weighted by atomic mass is 79.9. The fourth-order valence-corrected chi connectivity index (χ4v) is 1.44. The van der Waals surface area contributed by atoms with Gasteiger partial charge in [-0.2, -0.15) is 0 Å². The molecule has 0 aliphatic heterocycles. The quantitative estimate of drug-likeness (QED) is 0.733. The maximum absolute atomic E-state index is 7.25. The predicted octanol–water partition coefficient (Wildman–Crippen LogP) is 2.67. The number of rotatable bonds is 0. The molecule has 12 heavy (non-hydrogen) atoms. The van der Waals surface area contributed by atoms with Crippen molar-refractivity contribution in [3.63, 3.8) is 0 Å². The molecule has 2 aromatic rings. The summed E-state index contributed by atoms with van der Waals surface area (Å²) < 4.78 is 6.18. The predicted molar refractivity (Wildman–Crippen MR) is 49.8 cm³/mol. The van der Waals surface area contributed by atoms with Crippen LogP contribution in [-0.2, 0) is 0 Å². The number of benzene rings is 1. The molecule has 0 saturated carbocycles. The fourth-order valence-electron chi connectivity index (χ4n) is 1.06. The van der Waals surface area contributed by atoms with E-state index in [2.05, 4.69) is 15.9 Å². The van der Waals surface area contributed by atoms with Crippen LogP contribution in [0.2, 0.25) is 0 Å². The van der Waals surface area contributed by atoms with Crippen LogP contribution >= 0.6 is 15.9 Å². The molecule has 0 amide bonds. The van der Waals surface area contributed by atoms with Crippen molar-refractivity contribution >= 4 is 26.9 Å². The topological polar surface area (TPSA) is 37.0 Å². The molecular weight excluding hydrogens is 218 g/mol. The van der Waals surface area contributed by atoms with Gasteiger partial charge in [-0.1, -0.05) is 15.9 Å². The third kappa shape index (κ3) is 1.28. The molecule has 0 radical (unpaired) electrons. The highest BCUT2D eigenvalue weighted by Gasteiger charge is 1.94. The molecule has 0 aliphatic rings. The van der Waals surface area contributed by atoms with Crippen molar-refractivity contribution in [2.24, 2.45) is 0 Å². The summed E-state index contributed by atoms with van der Waals surface area (Å²) in [6, 6.07) is 9.20. The van der Waals surface area contributed by atoms with E-state index in [9.17, 15) is 0 Å². The first-order valence-electron chi connectivity index (χ1n) is 3.50. The van der Waals surface area contributed by atoms with E-state index < -0.39 is 0 Å². The molecule has 0 atom stereocenters. The summed E-state index contributed by atoms with van der Waals surface area (Å²) in [5.41, 5.74) is 0.926. The molecular formula is C9H6BrNO. The number of hydrogen-bond acceptors (Lipinski definition) is 2. The van der Waals surface area contributed by atoms with Gasteiger partial charge in [0.2, 0.25) is 5.55 Å². The van der Waals surface area contributed by atoms with E-state index in [1.54, 1.807) is 6.07 Å². The zero-order valence-electron chi connectivity index (χ0n) is 6.17. The van der Waals surface area contributed by atoms with Crippen LogP contribution in [0.5, 0.6) is 0 Å². The maximum Gasteiger partial charge on any atom is 0.211 e. The SMILES string of the molecule is N=c1ccc2cc(Br)ccc2o1. The number of hydrogen-bond donors (Lipinski definition) is 1. The average molecular weight is 224 g/mol.